The molecule has 0 radical (unpaired) electrons. The Morgan fingerprint density at radius 3 is 2.86 bits per heavy atom. The zero-order valence-electron chi connectivity index (χ0n) is 15.9. The summed E-state index contributed by atoms with van der Waals surface area (Å²) in [6.07, 6.45) is 4.87. The Labute approximate surface area is 178 Å². The number of pyridine rings is 1. The third kappa shape index (κ3) is 3.15. The molecule has 2 aromatic heterocycles. The summed E-state index contributed by atoms with van der Waals surface area (Å²) in [4.78, 5) is 12.1. The Hall–Kier alpha value is -2.31. The number of aromatic nitrogens is 2. The first-order chi connectivity index (χ1) is 14.2. The van der Waals surface area contributed by atoms with Crippen LogP contribution in [0.2, 0.25) is 5.02 Å². The number of hydrogen-bond acceptors (Lipinski definition) is 4. The summed E-state index contributed by atoms with van der Waals surface area (Å²) in [7, 11) is 0. The molecular formula is C22H20ClFN4S. The van der Waals surface area contributed by atoms with Crippen molar-refractivity contribution in [1.29, 1.82) is 0 Å². The second-order valence-electron chi connectivity index (χ2n) is 7.24. The summed E-state index contributed by atoms with van der Waals surface area (Å²) in [5.41, 5.74) is 2.90. The van der Waals surface area contributed by atoms with Crippen LogP contribution in [-0.2, 0) is 0 Å². The minimum Gasteiger partial charge on any atom is -0.337 e. The molecule has 0 N–H and O–H groups in total. The van der Waals surface area contributed by atoms with Crippen LogP contribution in [0.4, 0.5) is 4.39 Å². The lowest BCUT2D eigenvalue weighted by atomic mass is 9.99. The number of halogens is 2. The van der Waals surface area contributed by atoms with Crippen LogP contribution in [0.15, 0.2) is 65.9 Å². The molecule has 4 nitrogen and oxygen atoms in total. The minimum absolute atomic E-state index is 0.0266. The van der Waals surface area contributed by atoms with E-state index in [1.54, 1.807) is 12.1 Å². The predicted molar refractivity (Wildman–Crippen MR) is 116 cm³/mol. The third-order valence-electron chi connectivity index (χ3n) is 5.59. The number of aliphatic imine (C=N–C) groups is 1. The Bertz CT molecular complexity index is 1070. The zero-order valence-corrected chi connectivity index (χ0v) is 17.4. The lowest BCUT2D eigenvalue weighted by Gasteiger charge is -2.32. The molecule has 1 saturated heterocycles. The van der Waals surface area contributed by atoms with Crippen LogP contribution in [0.25, 0.3) is 5.69 Å². The largest absolute Gasteiger partial charge is 0.337 e. The molecule has 0 unspecified atom stereocenters. The van der Waals surface area contributed by atoms with E-state index in [0.717, 1.165) is 34.4 Å². The van der Waals surface area contributed by atoms with E-state index >= 15 is 0 Å². The first-order valence-corrected chi connectivity index (χ1v) is 11.1. The minimum atomic E-state index is -0.413. The van der Waals surface area contributed by atoms with Gasteiger partial charge in [-0.3, -0.25) is 9.98 Å². The maximum atomic E-state index is 13.7. The van der Waals surface area contributed by atoms with E-state index in [4.69, 9.17) is 16.6 Å². The molecule has 2 aliphatic heterocycles. The van der Waals surface area contributed by atoms with E-state index in [-0.39, 0.29) is 17.1 Å². The Morgan fingerprint density at radius 2 is 2.10 bits per heavy atom. The van der Waals surface area contributed by atoms with Crippen molar-refractivity contribution < 1.29 is 4.39 Å². The average molecular weight is 427 g/mol. The highest BCUT2D eigenvalue weighted by Crippen LogP contribution is 2.48. The number of fused-ring (bicyclic) bond motifs is 1. The molecule has 29 heavy (non-hydrogen) atoms. The zero-order chi connectivity index (χ0) is 20.0. The molecule has 2 aliphatic rings. The van der Waals surface area contributed by atoms with Crippen LogP contribution in [0.5, 0.6) is 0 Å². The molecule has 5 rings (SSSR count). The first kappa shape index (κ1) is 18.7. The van der Waals surface area contributed by atoms with E-state index in [0.29, 0.717) is 6.04 Å². The monoisotopic (exact) mass is 426 g/mol. The fourth-order valence-electron chi connectivity index (χ4n) is 4.18. The third-order valence-corrected chi connectivity index (χ3v) is 7.01. The highest BCUT2D eigenvalue weighted by molar-refractivity contribution is 8.14. The summed E-state index contributed by atoms with van der Waals surface area (Å²) in [6, 6.07) is 15.3. The summed E-state index contributed by atoms with van der Waals surface area (Å²) in [6.45, 7) is 2.22. The van der Waals surface area contributed by atoms with E-state index < -0.39 is 5.82 Å². The van der Waals surface area contributed by atoms with E-state index in [2.05, 4.69) is 27.4 Å². The molecular weight excluding hydrogens is 407 g/mol. The molecule has 0 aliphatic carbocycles. The summed E-state index contributed by atoms with van der Waals surface area (Å²) in [5, 5.41) is 1.21. The van der Waals surface area contributed by atoms with Crippen LogP contribution in [0.1, 0.15) is 36.8 Å². The van der Waals surface area contributed by atoms with Gasteiger partial charge in [0, 0.05) is 35.6 Å². The van der Waals surface area contributed by atoms with Crippen molar-refractivity contribution in [3.05, 3.63) is 83.2 Å². The molecule has 0 spiro atoms. The van der Waals surface area contributed by atoms with Crippen LogP contribution in [0.3, 0.4) is 0 Å². The standard InChI is InChI=1S/C22H20ClFN4S/c1-2-14-13-29-22-26-20(18-6-3-4-10-25-18)21(28(14)22)19-7-5-11-27(19)15-8-9-17(24)16(23)12-15/h3-12,14,20-21H,2,13H2,1H3/t14-,20-,21+/m0/s1. The molecule has 1 fully saturated rings. The van der Waals surface area contributed by atoms with Gasteiger partial charge >= 0.3 is 0 Å². The number of rotatable bonds is 4. The van der Waals surface area contributed by atoms with Crippen LogP contribution < -0.4 is 0 Å². The maximum Gasteiger partial charge on any atom is 0.160 e. The van der Waals surface area contributed by atoms with Gasteiger partial charge in [-0.25, -0.2) is 4.39 Å². The van der Waals surface area contributed by atoms with Crippen molar-refractivity contribution in [2.24, 2.45) is 4.99 Å². The van der Waals surface area contributed by atoms with Crippen molar-refractivity contribution in [2.45, 2.75) is 31.5 Å². The van der Waals surface area contributed by atoms with Gasteiger partial charge in [-0.15, -0.1) is 0 Å². The van der Waals surface area contributed by atoms with Crippen molar-refractivity contribution in [3.8, 4) is 5.69 Å². The second kappa shape index (κ2) is 7.50. The number of hydrogen-bond donors (Lipinski definition) is 0. The second-order valence-corrected chi connectivity index (χ2v) is 8.63. The molecule has 148 valence electrons. The number of amidine groups is 1. The van der Waals surface area contributed by atoms with Crippen molar-refractivity contribution in [1.82, 2.24) is 14.5 Å². The number of benzene rings is 1. The predicted octanol–water partition coefficient (Wildman–Crippen LogP) is 5.64. The van der Waals surface area contributed by atoms with Gasteiger partial charge in [0.15, 0.2) is 5.17 Å². The number of nitrogens with zero attached hydrogens (tertiary/aromatic N) is 4. The molecule has 1 aromatic carbocycles. The molecule has 7 heteroatoms. The normalized spacial score (nSPS) is 23.3. The molecule has 3 aromatic rings. The van der Waals surface area contributed by atoms with E-state index in [1.165, 1.54) is 6.07 Å². The van der Waals surface area contributed by atoms with Gasteiger partial charge < -0.3 is 9.47 Å². The highest BCUT2D eigenvalue weighted by atomic mass is 35.5. The van der Waals surface area contributed by atoms with Gasteiger partial charge in [0.25, 0.3) is 0 Å². The van der Waals surface area contributed by atoms with Gasteiger partial charge in [-0.1, -0.05) is 36.4 Å². The summed E-state index contributed by atoms with van der Waals surface area (Å²) < 4.78 is 15.8. The molecule has 0 saturated carbocycles. The smallest absolute Gasteiger partial charge is 0.160 e. The SMILES string of the molecule is CC[C@H]1CSC2=N[C@@H](c3ccccn3)[C@@H](c3cccn3-c3ccc(F)c(Cl)c3)N21. The first-order valence-electron chi connectivity index (χ1n) is 9.70. The van der Waals surface area contributed by atoms with Gasteiger partial charge in [0.1, 0.15) is 17.9 Å². The molecule has 3 atom stereocenters. The van der Waals surface area contributed by atoms with Gasteiger partial charge in [0.2, 0.25) is 0 Å². The van der Waals surface area contributed by atoms with Crippen molar-refractivity contribution in [3.63, 3.8) is 0 Å². The lowest BCUT2D eigenvalue weighted by Crippen LogP contribution is -2.36. The molecule has 4 heterocycles. The fourth-order valence-corrected chi connectivity index (χ4v) is 5.69. The summed E-state index contributed by atoms with van der Waals surface area (Å²) in [5.74, 6) is 0.632. The van der Waals surface area contributed by atoms with Crippen molar-refractivity contribution >= 4 is 28.5 Å². The lowest BCUT2D eigenvalue weighted by molar-refractivity contribution is 0.249. The van der Waals surface area contributed by atoms with Crippen LogP contribution >= 0.6 is 23.4 Å². The van der Waals surface area contributed by atoms with Crippen LogP contribution in [-0.4, -0.2) is 31.4 Å². The van der Waals surface area contributed by atoms with Gasteiger partial charge in [-0.05, 0) is 48.9 Å². The Morgan fingerprint density at radius 1 is 1.21 bits per heavy atom. The van der Waals surface area contributed by atoms with Crippen LogP contribution in [0, 0.1) is 5.82 Å². The molecule has 0 amide bonds. The van der Waals surface area contributed by atoms with Gasteiger partial charge in [-0.2, -0.15) is 0 Å². The quantitative estimate of drug-likeness (QED) is 0.541. The number of thioether (sulfide) groups is 1. The summed E-state index contributed by atoms with van der Waals surface area (Å²) >= 11 is 7.89. The fraction of sp³-hybridized carbons (Fsp3) is 0.273. The Balaban J connectivity index is 1.63. The topological polar surface area (TPSA) is 33.4 Å². The van der Waals surface area contributed by atoms with Crippen molar-refractivity contribution in [2.75, 3.05) is 5.75 Å². The van der Waals surface area contributed by atoms with Gasteiger partial charge in [0.05, 0.1) is 10.7 Å². The molecule has 0 bridgehead atoms. The maximum absolute atomic E-state index is 13.7. The Kier molecular flexibility index (Phi) is 4.84. The average Bonchev–Trinajstić information content (AvgIpc) is 3.45. The highest BCUT2D eigenvalue weighted by Gasteiger charge is 2.46. The van der Waals surface area contributed by atoms with E-state index in [1.807, 2.05) is 48.4 Å². The van der Waals surface area contributed by atoms with E-state index in [9.17, 15) is 4.39 Å².